The fraction of sp³-hybridized carbons (Fsp3) is 0.682. The molecule has 0 saturated carbocycles. The number of halogens is 6. The lowest BCUT2D eigenvalue weighted by Gasteiger charge is -2.39. The number of carbonyl (C=O) groups is 1. The number of alkyl halides is 6. The van der Waals surface area contributed by atoms with Crippen LogP contribution in [-0.4, -0.2) is 59.3 Å². The first-order chi connectivity index (χ1) is 16.3. The van der Waals surface area contributed by atoms with Gasteiger partial charge in [0.1, 0.15) is 12.4 Å². The lowest BCUT2D eigenvalue weighted by Crippen LogP contribution is -2.53. The smallest absolute Gasteiger partial charge is 0.392 e. The summed E-state index contributed by atoms with van der Waals surface area (Å²) < 4.78 is 82.8. The van der Waals surface area contributed by atoms with E-state index in [1.807, 2.05) is 0 Å². The van der Waals surface area contributed by atoms with Gasteiger partial charge in [-0.05, 0) is 31.3 Å². The molecule has 1 atom stereocenters. The molecule has 0 aromatic carbocycles. The normalized spacial score (nSPS) is 20.2. The summed E-state index contributed by atoms with van der Waals surface area (Å²) in [6, 6.07) is 1.09. The summed E-state index contributed by atoms with van der Waals surface area (Å²) in [7, 11) is 0. The average molecular weight is 511 g/mol. The Morgan fingerprint density at radius 1 is 1.26 bits per heavy atom. The van der Waals surface area contributed by atoms with Crippen LogP contribution in [0.1, 0.15) is 43.6 Å². The third-order valence-corrected chi connectivity index (χ3v) is 6.26. The van der Waals surface area contributed by atoms with E-state index >= 15 is 0 Å². The number of rotatable bonds is 9. The maximum absolute atomic E-state index is 12.9. The van der Waals surface area contributed by atoms with Crippen LogP contribution in [0.4, 0.5) is 26.3 Å². The number of aryl methyl sites for hydroxylation is 1. The maximum Gasteiger partial charge on any atom is 0.392 e. The van der Waals surface area contributed by atoms with Crippen molar-refractivity contribution in [2.45, 2.75) is 57.4 Å². The van der Waals surface area contributed by atoms with E-state index in [9.17, 15) is 41.0 Å². The van der Waals surface area contributed by atoms with Gasteiger partial charge in [-0.3, -0.25) is 14.2 Å². The van der Waals surface area contributed by atoms with Gasteiger partial charge in [0.15, 0.2) is 0 Å². The first-order valence-corrected chi connectivity index (χ1v) is 11.2. The van der Waals surface area contributed by atoms with Crippen LogP contribution < -0.4 is 10.9 Å². The van der Waals surface area contributed by atoms with E-state index in [0.29, 0.717) is 5.57 Å². The van der Waals surface area contributed by atoms with Crippen LogP contribution in [0.5, 0.6) is 0 Å². The Bertz CT molecular complexity index is 993. The van der Waals surface area contributed by atoms with Crippen molar-refractivity contribution in [3.8, 4) is 0 Å². The molecule has 3 rings (SSSR count). The third-order valence-electron chi connectivity index (χ3n) is 6.26. The Morgan fingerprint density at radius 3 is 2.49 bits per heavy atom. The van der Waals surface area contributed by atoms with Crippen LogP contribution in [-0.2, 0) is 22.5 Å². The summed E-state index contributed by atoms with van der Waals surface area (Å²) in [6.45, 7) is -0.0965. The maximum atomic E-state index is 12.9. The molecule has 1 aliphatic heterocycles. The topological polar surface area (TPSA) is 93.5 Å². The van der Waals surface area contributed by atoms with Gasteiger partial charge in [0.05, 0.1) is 36.8 Å². The lowest BCUT2D eigenvalue weighted by molar-refractivity contribution is -0.175. The van der Waals surface area contributed by atoms with Crippen LogP contribution in [0.25, 0.3) is 5.57 Å². The van der Waals surface area contributed by atoms with Crippen LogP contribution >= 0.6 is 0 Å². The van der Waals surface area contributed by atoms with Crippen LogP contribution in [0.3, 0.4) is 0 Å². The number of hydrogen-bond donors (Lipinski definition) is 2. The minimum atomic E-state index is -4.41. The average Bonchev–Trinajstić information content (AvgIpc) is 2.74. The minimum Gasteiger partial charge on any atom is -0.396 e. The highest BCUT2D eigenvalue weighted by molar-refractivity contribution is 5.76. The highest BCUT2D eigenvalue weighted by atomic mass is 19.4. The largest absolute Gasteiger partial charge is 0.396 e. The van der Waals surface area contributed by atoms with E-state index in [4.69, 9.17) is 4.74 Å². The van der Waals surface area contributed by atoms with Crippen LogP contribution in [0.15, 0.2) is 16.9 Å². The molecular formula is C22H27F6N3O4. The molecule has 0 bridgehead atoms. The van der Waals surface area contributed by atoms with Crippen molar-refractivity contribution in [2.24, 2.45) is 11.3 Å². The Morgan fingerprint density at radius 2 is 1.97 bits per heavy atom. The van der Waals surface area contributed by atoms with Gasteiger partial charge >= 0.3 is 12.4 Å². The quantitative estimate of drug-likeness (QED) is 0.498. The van der Waals surface area contributed by atoms with Gasteiger partial charge in [-0.1, -0.05) is 6.08 Å². The standard InChI is InChI=1S/C22H27F6N3O4/c23-21(24,25)7-1-2-17-30-16(14-3-5-15(6-4-14)22(26,27)28)8-19(34)31(17)9-18(33)29-10-20(11-32)12-35-13-20/h3,8,15,32H,1-2,4-7,9-13H2,(H,29,33). The number of nitrogens with one attached hydrogen (secondary N) is 1. The molecule has 1 aromatic rings. The second-order valence-electron chi connectivity index (χ2n) is 9.12. The van der Waals surface area contributed by atoms with E-state index in [2.05, 4.69) is 10.3 Å². The summed E-state index contributed by atoms with van der Waals surface area (Å²) in [5.74, 6) is -2.14. The Labute approximate surface area is 197 Å². The van der Waals surface area contributed by atoms with Gasteiger partial charge in [-0.15, -0.1) is 0 Å². The number of aromatic nitrogens is 2. The molecule has 0 radical (unpaired) electrons. The molecule has 196 valence electrons. The second-order valence-corrected chi connectivity index (χ2v) is 9.12. The summed E-state index contributed by atoms with van der Waals surface area (Å²) in [5.41, 5.74) is -0.763. The Hall–Kier alpha value is -2.41. The van der Waals surface area contributed by atoms with Crippen molar-refractivity contribution < 1.29 is 41.0 Å². The summed E-state index contributed by atoms with van der Waals surface area (Å²) in [4.78, 5) is 29.5. The number of aliphatic hydroxyl groups excluding tert-OH is 1. The van der Waals surface area contributed by atoms with Crippen molar-refractivity contribution in [1.29, 1.82) is 0 Å². The molecule has 2 N–H and O–H groups in total. The van der Waals surface area contributed by atoms with Gasteiger partial charge < -0.3 is 15.2 Å². The SMILES string of the molecule is O=C(Cn1c(CCCC(F)(F)F)nc(C2=CCC(C(F)(F)F)CC2)cc1=O)NCC1(CO)COC1. The predicted molar refractivity (Wildman–Crippen MR) is 112 cm³/mol. The van der Waals surface area contributed by atoms with E-state index in [0.717, 1.165) is 10.6 Å². The van der Waals surface area contributed by atoms with Gasteiger partial charge in [-0.25, -0.2) is 4.98 Å². The molecule has 0 spiro atoms. The summed E-state index contributed by atoms with van der Waals surface area (Å²) in [5, 5.41) is 12.0. The number of hydrogen-bond acceptors (Lipinski definition) is 5. The molecule has 1 fully saturated rings. The molecule has 1 unspecified atom stereocenters. The number of aliphatic hydroxyl groups is 1. The van der Waals surface area contributed by atoms with Crippen molar-refractivity contribution in [3.05, 3.63) is 34.0 Å². The second kappa shape index (κ2) is 10.7. The van der Waals surface area contributed by atoms with E-state index in [1.54, 1.807) is 0 Å². The Balaban J connectivity index is 1.79. The zero-order valence-electron chi connectivity index (χ0n) is 18.8. The predicted octanol–water partition coefficient (Wildman–Crippen LogP) is 3.00. The van der Waals surface area contributed by atoms with E-state index < -0.39 is 48.1 Å². The highest BCUT2D eigenvalue weighted by Gasteiger charge is 2.40. The number of nitrogens with zero attached hydrogens (tertiary/aromatic N) is 2. The van der Waals surface area contributed by atoms with Gasteiger partial charge in [0.25, 0.3) is 5.56 Å². The Kier molecular flexibility index (Phi) is 8.30. The van der Waals surface area contributed by atoms with Crippen LogP contribution in [0.2, 0.25) is 0 Å². The zero-order valence-corrected chi connectivity index (χ0v) is 18.8. The molecule has 1 saturated heterocycles. The van der Waals surface area contributed by atoms with Gasteiger partial charge in [-0.2, -0.15) is 26.3 Å². The van der Waals surface area contributed by atoms with Crippen molar-refractivity contribution in [2.75, 3.05) is 26.4 Å². The monoisotopic (exact) mass is 511 g/mol. The van der Waals surface area contributed by atoms with Crippen LogP contribution in [0, 0.1) is 11.3 Å². The number of carbonyl (C=O) groups excluding carboxylic acids is 1. The van der Waals surface area contributed by atoms with Gasteiger partial charge in [0.2, 0.25) is 5.91 Å². The molecule has 7 nitrogen and oxygen atoms in total. The fourth-order valence-electron chi connectivity index (χ4n) is 4.01. The highest BCUT2D eigenvalue weighted by Crippen LogP contribution is 2.39. The van der Waals surface area contributed by atoms with Crippen molar-refractivity contribution >= 4 is 11.5 Å². The molecular weight excluding hydrogens is 484 g/mol. The number of amides is 1. The van der Waals surface area contributed by atoms with Gasteiger partial charge in [0, 0.05) is 25.5 Å². The molecule has 13 heteroatoms. The first-order valence-electron chi connectivity index (χ1n) is 11.2. The minimum absolute atomic E-state index is 0.0222. The van der Waals surface area contributed by atoms with E-state index in [-0.39, 0.29) is 70.0 Å². The molecule has 1 aliphatic carbocycles. The molecule has 1 amide bonds. The fourth-order valence-corrected chi connectivity index (χ4v) is 4.01. The molecule has 35 heavy (non-hydrogen) atoms. The molecule has 1 aromatic heterocycles. The lowest BCUT2D eigenvalue weighted by atomic mass is 9.87. The number of ether oxygens (including phenoxy) is 1. The van der Waals surface area contributed by atoms with E-state index in [1.165, 1.54) is 6.08 Å². The molecule has 2 aliphatic rings. The first kappa shape index (κ1) is 27.2. The zero-order chi connectivity index (χ0) is 25.9. The van der Waals surface area contributed by atoms with Crippen molar-refractivity contribution in [1.82, 2.24) is 14.9 Å². The molecule has 2 heterocycles. The summed E-state index contributed by atoms with van der Waals surface area (Å²) >= 11 is 0. The summed E-state index contributed by atoms with van der Waals surface area (Å²) in [6.07, 6.45) is -9.56. The number of allylic oxidation sites excluding steroid dienone is 2. The third kappa shape index (κ3) is 7.29. The van der Waals surface area contributed by atoms with Crippen molar-refractivity contribution in [3.63, 3.8) is 0 Å².